The molecule has 0 heterocycles. The van der Waals surface area contributed by atoms with E-state index in [-0.39, 0.29) is 5.82 Å². The number of rotatable bonds is 3. The molecule has 74 valence electrons. The fourth-order valence-electron chi connectivity index (χ4n) is 1.30. The third-order valence-electron chi connectivity index (χ3n) is 2.09. The van der Waals surface area contributed by atoms with E-state index in [0.717, 1.165) is 11.1 Å². The number of halogens is 1. The van der Waals surface area contributed by atoms with Crippen molar-refractivity contribution in [2.45, 2.75) is 13.5 Å². The minimum absolute atomic E-state index is 0.214. The zero-order valence-corrected chi connectivity index (χ0v) is 8.42. The van der Waals surface area contributed by atoms with Crippen LogP contribution in [0.1, 0.15) is 11.1 Å². The Kier molecular flexibility index (Phi) is 3.61. The number of nitriles is 1. The van der Waals surface area contributed by atoms with Crippen molar-refractivity contribution in [1.29, 1.82) is 5.26 Å². The van der Waals surface area contributed by atoms with Gasteiger partial charge < -0.3 is 0 Å². The van der Waals surface area contributed by atoms with Gasteiger partial charge in [-0.1, -0.05) is 6.07 Å². The Hall–Kier alpha value is -1.40. The van der Waals surface area contributed by atoms with E-state index in [9.17, 15) is 4.39 Å². The molecule has 0 aliphatic heterocycles. The third-order valence-corrected chi connectivity index (χ3v) is 2.09. The summed E-state index contributed by atoms with van der Waals surface area (Å²) in [5.74, 6) is -0.214. The van der Waals surface area contributed by atoms with E-state index in [1.807, 2.05) is 18.9 Å². The highest BCUT2D eigenvalue weighted by Gasteiger charge is 2.03. The molecule has 0 amide bonds. The first kappa shape index (κ1) is 10.7. The third kappa shape index (κ3) is 2.82. The lowest BCUT2D eigenvalue weighted by Crippen LogP contribution is -2.18. The van der Waals surface area contributed by atoms with E-state index in [2.05, 4.69) is 6.07 Å². The van der Waals surface area contributed by atoms with Gasteiger partial charge in [-0.2, -0.15) is 5.26 Å². The molecule has 0 unspecified atom stereocenters. The molecule has 14 heavy (non-hydrogen) atoms. The number of nitrogens with zero attached hydrogens (tertiary/aromatic N) is 2. The molecule has 3 heteroatoms. The van der Waals surface area contributed by atoms with Crippen LogP contribution in [0.4, 0.5) is 4.39 Å². The molecule has 2 nitrogen and oxygen atoms in total. The van der Waals surface area contributed by atoms with Gasteiger partial charge >= 0.3 is 0 Å². The average molecular weight is 192 g/mol. The van der Waals surface area contributed by atoms with Crippen molar-refractivity contribution in [3.8, 4) is 6.07 Å². The van der Waals surface area contributed by atoms with E-state index in [1.165, 1.54) is 12.1 Å². The summed E-state index contributed by atoms with van der Waals surface area (Å²) in [5, 5.41) is 8.48. The molecule has 0 radical (unpaired) electrons. The first-order valence-corrected chi connectivity index (χ1v) is 4.44. The zero-order chi connectivity index (χ0) is 10.6. The monoisotopic (exact) mass is 192 g/mol. The van der Waals surface area contributed by atoms with Gasteiger partial charge in [0.25, 0.3) is 0 Å². The molecule has 0 fully saturated rings. The fourth-order valence-corrected chi connectivity index (χ4v) is 1.30. The second-order valence-electron chi connectivity index (χ2n) is 3.40. The van der Waals surface area contributed by atoms with Crippen LogP contribution in [0.25, 0.3) is 0 Å². The molecule has 0 aliphatic rings. The number of aryl methyl sites for hydroxylation is 1. The van der Waals surface area contributed by atoms with Gasteiger partial charge in [0.15, 0.2) is 0 Å². The Bertz CT molecular complexity index is 355. The summed E-state index contributed by atoms with van der Waals surface area (Å²) in [7, 11) is 1.87. The second kappa shape index (κ2) is 4.73. The van der Waals surface area contributed by atoms with Crippen molar-refractivity contribution in [1.82, 2.24) is 4.90 Å². The van der Waals surface area contributed by atoms with Gasteiger partial charge in [0.1, 0.15) is 5.82 Å². The average Bonchev–Trinajstić information content (AvgIpc) is 2.10. The topological polar surface area (TPSA) is 27.0 Å². The quantitative estimate of drug-likeness (QED) is 0.686. The maximum absolute atomic E-state index is 12.8. The molecule has 1 aromatic rings. The molecule has 0 aliphatic carbocycles. The number of hydrogen-bond donors (Lipinski definition) is 0. The van der Waals surface area contributed by atoms with E-state index in [0.29, 0.717) is 13.1 Å². The van der Waals surface area contributed by atoms with E-state index < -0.39 is 0 Å². The molecule has 0 bridgehead atoms. The highest BCUT2D eigenvalue weighted by atomic mass is 19.1. The molecule has 1 aromatic carbocycles. The molecule has 0 aromatic heterocycles. The second-order valence-corrected chi connectivity index (χ2v) is 3.40. The zero-order valence-electron chi connectivity index (χ0n) is 8.42. The Morgan fingerprint density at radius 3 is 2.79 bits per heavy atom. The molecule has 1 rings (SSSR count). The summed E-state index contributed by atoms with van der Waals surface area (Å²) in [4.78, 5) is 1.89. The Morgan fingerprint density at radius 1 is 1.50 bits per heavy atom. The van der Waals surface area contributed by atoms with Crippen molar-refractivity contribution in [3.05, 3.63) is 35.1 Å². The minimum Gasteiger partial charge on any atom is -0.289 e. The number of hydrogen-bond acceptors (Lipinski definition) is 2. The standard InChI is InChI=1S/C11H13FN2/c1-9-7-11(12)4-3-10(9)8-14(2)6-5-13/h3-4,7H,6,8H2,1-2H3. The predicted molar refractivity (Wildman–Crippen MR) is 53.1 cm³/mol. The smallest absolute Gasteiger partial charge is 0.123 e. The van der Waals surface area contributed by atoms with Crippen molar-refractivity contribution < 1.29 is 4.39 Å². The summed E-state index contributed by atoms with van der Waals surface area (Å²) >= 11 is 0. The number of benzene rings is 1. The minimum atomic E-state index is -0.214. The van der Waals surface area contributed by atoms with Crippen LogP contribution in [0, 0.1) is 24.1 Å². The van der Waals surface area contributed by atoms with E-state index in [4.69, 9.17) is 5.26 Å². The molecular weight excluding hydrogens is 179 g/mol. The van der Waals surface area contributed by atoms with Gasteiger partial charge in [-0.15, -0.1) is 0 Å². The first-order chi connectivity index (χ1) is 6.63. The van der Waals surface area contributed by atoms with Crippen LogP contribution in [0.2, 0.25) is 0 Å². The van der Waals surface area contributed by atoms with Gasteiger partial charge in [-0.05, 0) is 37.2 Å². The summed E-state index contributed by atoms with van der Waals surface area (Å²) in [5.41, 5.74) is 1.99. The van der Waals surface area contributed by atoms with Crippen LogP contribution in [-0.2, 0) is 6.54 Å². The lowest BCUT2D eigenvalue weighted by Gasteiger charge is -2.14. The van der Waals surface area contributed by atoms with Crippen molar-refractivity contribution >= 4 is 0 Å². The van der Waals surface area contributed by atoms with Gasteiger partial charge in [0, 0.05) is 6.54 Å². The van der Waals surface area contributed by atoms with Crippen molar-refractivity contribution in [2.75, 3.05) is 13.6 Å². The predicted octanol–water partition coefficient (Wildman–Crippen LogP) is 2.09. The molecule has 0 N–H and O–H groups in total. The van der Waals surface area contributed by atoms with Gasteiger partial charge in [-0.3, -0.25) is 4.90 Å². The van der Waals surface area contributed by atoms with Crippen molar-refractivity contribution in [3.63, 3.8) is 0 Å². The molecule has 0 atom stereocenters. The van der Waals surface area contributed by atoms with Crippen LogP contribution in [0.5, 0.6) is 0 Å². The molecule has 0 spiro atoms. The van der Waals surface area contributed by atoms with Crippen LogP contribution >= 0.6 is 0 Å². The van der Waals surface area contributed by atoms with Gasteiger partial charge in [0.2, 0.25) is 0 Å². The SMILES string of the molecule is Cc1cc(F)ccc1CN(C)CC#N. The molecule has 0 saturated carbocycles. The normalized spacial score (nSPS) is 10.2. The first-order valence-electron chi connectivity index (χ1n) is 4.44. The summed E-state index contributed by atoms with van der Waals surface area (Å²) in [6.07, 6.45) is 0. The Labute approximate surface area is 83.6 Å². The van der Waals surface area contributed by atoms with Crippen LogP contribution in [0.15, 0.2) is 18.2 Å². The summed E-state index contributed by atoms with van der Waals surface area (Å²) in [6, 6.07) is 6.79. The van der Waals surface area contributed by atoms with Crippen molar-refractivity contribution in [2.24, 2.45) is 0 Å². The van der Waals surface area contributed by atoms with Gasteiger partial charge in [-0.25, -0.2) is 4.39 Å². The molecule has 0 saturated heterocycles. The maximum atomic E-state index is 12.8. The largest absolute Gasteiger partial charge is 0.289 e. The fraction of sp³-hybridized carbons (Fsp3) is 0.364. The van der Waals surface area contributed by atoms with E-state index >= 15 is 0 Å². The lowest BCUT2D eigenvalue weighted by molar-refractivity contribution is 0.366. The van der Waals surface area contributed by atoms with Crippen LogP contribution in [0.3, 0.4) is 0 Å². The van der Waals surface area contributed by atoms with Crippen LogP contribution < -0.4 is 0 Å². The maximum Gasteiger partial charge on any atom is 0.123 e. The summed E-state index contributed by atoms with van der Waals surface area (Å²) < 4.78 is 12.8. The van der Waals surface area contributed by atoms with Gasteiger partial charge in [0.05, 0.1) is 12.6 Å². The summed E-state index contributed by atoms with van der Waals surface area (Å²) in [6.45, 7) is 2.94. The lowest BCUT2D eigenvalue weighted by atomic mass is 10.1. The Balaban J connectivity index is 2.73. The highest BCUT2D eigenvalue weighted by molar-refractivity contribution is 5.26. The van der Waals surface area contributed by atoms with E-state index in [1.54, 1.807) is 6.07 Å². The van der Waals surface area contributed by atoms with Crippen LogP contribution in [-0.4, -0.2) is 18.5 Å². The Morgan fingerprint density at radius 2 is 2.21 bits per heavy atom. The highest BCUT2D eigenvalue weighted by Crippen LogP contribution is 2.11. The molecular formula is C11H13FN2.